The first-order chi connectivity index (χ1) is 22.9. The number of ether oxygens (including phenoxy) is 3. The molecule has 0 radical (unpaired) electrons. The molecule has 7 nitrogen and oxygen atoms in total. The van der Waals surface area contributed by atoms with Crippen molar-refractivity contribution in [1.29, 1.82) is 0 Å². The Balaban J connectivity index is 1.46. The Morgan fingerprint density at radius 3 is 2.04 bits per heavy atom. The fraction of sp³-hybridized carbons (Fsp3) is 0.707. The van der Waals surface area contributed by atoms with Gasteiger partial charge >= 0.3 is 11.9 Å². The molecule has 2 aliphatic carbocycles. The number of aryl methyl sites for hydroxylation is 1. The van der Waals surface area contributed by atoms with E-state index in [0.29, 0.717) is 12.3 Å². The summed E-state index contributed by atoms with van der Waals surface area (Å²) in [5.74, 6) is 1.95. The molecule has 2 atom stereocenters. The van der Waals surface area contributed by atoms with Gasteiger partial charge < -0.3 is 24.4 Å². The monoisotopic (exact) mass is 668 g/mol. The molecule has 7 heteroatoms. The summed E-state index contributed by atoms with van der Waals surface area (Å²) in [6.45, 7) is 14.4. The molecule has 0 aliphatic heterocycles. The van der Waals surface area contributed by atoms with E-state index in [-0.39, 0.29) is 43.5 Å². The van der Waals surface area contributed by atoms with Crippen molar-refractivity contribution < 1.29 is 34.0 Å². The third-order valence-corrected chi connectivity index (χ3v) is 10.5. The number of hydrogen-bond donors (Lipinski definition) is 2. The fourth-order valence-electron chi connectivity index (χ4n) is 7.33. The number of benzene rings is 1. The van der Waals surface area contributed by atoms with Crippen LogP contribution in [-0.4, -0.2) is 60.3 Å². The summed E-state index contributed by atoms with van der Waals surface area (Å²) < 4.78 is 16.3. The second kappa shape index (κ2) is 20.3. The minimum absolute atomic E-state index is 0.0158. The van der Waals surface area contributed by atoms with Gasteiger partial charge in [-0.1, -0.05) is 82.9 Å². The van der Waals surface area contributed by atoms with Crippen molar-refractivity contribution in [3.8, 4) is 0 Å². The predicted octanol–water partition coefficient (Wildman–Crippen LogP) is 8.26. The van der Waals surface area contributed by atoms with Crippen LogP contribution < -0.4 is 0 Å². The second-order valence-corrected chi connectivity index (χ2v) is 15.3. The van der Waals surface area contributed by atoms with Crippen LogP contribution in [0.2, 0.25) is 0 Å². The van der Waals surface area contributed by atoms with Crippen LogP contribution in [-0.2, 0) is 30.2 Å². The van der Waals surface area contributed by atoms with Crippen LogP contribution in [0.5, 0.6) is 0 Å². The van der Waals surface area contributed by atoms with Crippen LogP contribution in [0, 0.1) is 23.7 Å². The van der Waals surface area contributed by atoms with Gasteiger partial charge in [-0.05, 0) is 107 Å². The Morgan fingerprint density at radius 1 is 0.896 bits per heavy atom. The van der Waals surface area contributed by atoms with Gasteiger partial charge in [-0.15, -0.1) is 0 Å². The van der Waals surface area contributed by atoms with E-state index in [9.17, 15) is 19.8 Å². The minimum Gasteiger partial charge on any atom is -0.462 e. The van der Waals surface area contributed by atoms with Crippen LogP contribution in [0.4, 0.5) is 0 Å². The highest BCUT2D eigenvalue weighted by atomic mass is 16.6. The van der Waals surface area contributed by atoms with Crippen molar-refractivity contribution in [3.63, 3.8) is 0 Å². The van der Waals surface area contributed by atoms with Crippen LogP contribution in [0.3, 0.4) is 0 Å². The predicted molar refractivity (Wildman–Crippen MR) is 192 cm³/mol. The van der Waals surface area contributed by atoms with Crippen molar-refractivity contribution in [2.24, 2.45) is 23.7 Å². The zero-order valence-corrected chi connectivity index (χ0v) is 30.4. The average Bonchev–Trinajstić information content (AvgIpc) is 3.07. The molecule has 0 aromatic heterocycles. The number of esters is 2. The molecule has 0 spiro atoms. The Kier molecular flexibility index (Phi) is 16.9. The van der Waals surface area contributed by atoms with Gasteiger partial charge in [0.25, 0.3) is 0 Å². The summed E-state index contributed by atoms with van der Waals surface area (Å²) in [5, 5.41) is 19.5. The summed E-state index contributed by atoms with van der Waals surface area (Å²) in [6.07, 6.45) is 17.0. The molecular formula is C41H64O7. The maximum atomic E-state index is 12.5. The molecule has 48 heavy (non-hydrogen) atoms. The highest BCUT2D eigenvalue weighted by Gasteiger charge is 2.31. The largest absolute Gasteiger partial charge is 0.462 e. The molecule has 1 aromatic carbocycles. The third-order valence-electron chi connectivity index (χ3n) is 10.5. The van der Waals surface area contributed by atoms with E-state index in [4.69, 9.17) is 14.2 Å². The molecule has 1 aromatic rings. The minimum atomic E-state index is -1.01. The first kappa shape index (κ1) is 40.0. The van der Waals surface area contributed by atoms with Gasteiger partial charge in [0.15, 0.2) is 0 Å². The normalized spacial score (nSPS) is 22.8. The van der Waals surface area contributed by atoms with Crippen LogP contribution in [0.25, 0.3) is 0 Å². The second-order valence-electron chi connectivity index (χ2n) is 15.3. The van der Waals surface area contributed by atoms with Gasteiger partial charge in [0.1, 0.15) is 0 Å². The quantitative estimate of drug-likeness (QED) is 0.0819. The summed E-state index contributed by atoms with van der Waals surface area (Å²) in [6, 6.07) is 8.96. The Morgan fingerprint density at radius 2 is 1.48 bits per heavy atom. The summed E-state index contributed by atoms with van der Waals surface area (Å²) >= 11 is 0. The number of hydrogen-bond acceptors (Lipinski definition) is 7. The lowest BCUT2D eigenvalue weighted by molar-refractivity contribution is -0.145. The summed E-state index contributed by atoms with van der Waals surface area (Å²) in [4.78, 5) is 24.9. The topological polar surface area (TPSA) is 102 Å². The smallest absolute Gasteiger partial charge is 0.336 e. The standard InChI is InChI=1S/C41H64O7/c1-7-8-9-10-32-13-17-35(18-14-32)37-21-23-38(24-22-37)36-19-15-33(16-20-36)11-12-34(27-48-40(44)30(3)31(4)42)26-47-39(43)29(2)25-46-28-41(5,6)45/h15-16,19-20,31-32,34-35,37-38,42,45H,2-3,7-14,17-18,21-28H2,1,4-6H3. The van der Waals surface area contributed by atoms with Gasteiger partial charge in [0.2, 0.25) is 0 Å². The lowest BCUT2D eigenvalue weighted by Crippen LogP contribution is -2.27. The van der Waals surface area contributed by atoms with Crippen molar-refractivity contribution >= 4 is 11.9 Å². The highest BCUT2D eigenvalue weighted by Crippen LogP contribution is 2.44. The maximum Gasteiger partial charge on any atom is 0.336 e. The van der Waals surface area contributed by atoms with Crippen LogP contribution >= 0.6 is 0 Å². The lowest BCUT2D eigenvalue weighted by Gasteiger charge is -2.38. The van der Waals surface area contributed by atoms with Gasteiger partial charge in [-0.2, -0.15) is 0 Å². The molecular weight excluding hydrogens is 604 g/mol. The van der Waals surface area contributed by atoms with Crippen molar-refractivity contribution in [2.45, 2.75) is 135 Å². The van der Waals surface area contributed by atoms with E-state index in [0.717, 1.165) is 24.2 Å². The highest BCUT2D eigenvalue weighted by molar-refractivity contribution is 5.89. The molecule has 270 valence electrons. The lowest BCUT2D eigenvalue weighted by atomic mass is 9.68. The van der Waals surface area contributed by atoms with Gasteiger partial charge in [-0.25, -0.2) is 9.59 Å². The van der Waals surface area contributed by atoms with Gasteiger partial charge in [0, 0.05) is 5.92 Å². The number of unbranched alkanes of at least 4 members (excludes halogenated alkanes) is 2. The average molecular weight is 669 g/mol. The van der Waals surface area contributed by atoms with Crippen molar-refractivity contribution in [2.75, 3.05) is 26.4 Å². The first-order valence-corrected chi connectivity index (χ1v) is 18.6. The van der Waals surface area contributed by atoms with E-state index in [1.54, 1.807) is 13.8 Å². The van der Waals surface area contributed by atoms with E-state index < -0.39 is 23.6 Å². The van der Waals surface area contributed by atoms with Crippen molar-refractivity contribution in [1.82, 2.24) is 0 Å². The molecule has 0 saturated heterocycles. The molecule has 2 saturated carbocycles. The molecule has 2 unspecified atom stereocenters. The molecule has 3 rings (SSSR count). The maximum absolute atomic E-state index is 12.5. The third kappa shape index (κ3) is 14.2. The Bertz CT molecular complexity index is 1130. The number of carbonyl (C=O) groups is 2. The molecule has 2 N–H and O–H groups in total. The van der Waals surface area contributed by atoms with Gasteiger partial charge in [-0.3, -0.25) is 0 Å². The molecule has 0 amide bonds. The zero-order chi connectivity index (χ0) is 35.1. The summed E-state index contributed by atoms with van der Waals surface area (Å²) in [7, 11) is 0. The summed E-state index contributed by atoms with van der Waals surface area (Å²) in [5.41, 5.74) is 1.73. The SMILES string of the molecule is C=C(COCC(C)(C)O)C(=O)OCC(CCc1ccc(C2CCC(C3CCC(CCCCC)CC3)CC2)cc1)COC(=O)C(=C)C(C)O. The van der Waals surface area contributed by atoms with Crippen LogP contribution in [0.15, 0.2) is 48.6 Å². The van der Waals surface area contributed by atoms with Crippen molar-refractivity contribution in [3.05, 3.63) is 59.7 Å². The number of rotatable bonds is 20. The van der Waals surface area contributed by atoms with E-state index in [1.807, 2.05) is 0 Å². The zero-order valence-electron chi connectivity index (χ0n) is 30.4. The number of aliphatic hydroxyl groups excluding tert-OH is 1. The molecule has 2 aliphatic rings. The van der Waals surface area contributed by atoms with Gasteiger partial charge in [0.05, 0.1) is 49.3 Å². The van der Waals surface area contributed by atoms with E-state index in [1.165, 1.54) is 95.1 Å². The van der Waals surface area contributed by atoms with E-state index >= 15 is 0 Å². The molecule has 0 bridgehead atoms. The fourth-order valence-corrected chi connectivity index (χ4v) is 7.33. The number of carbonyl (C=O) groups excluding carboxylic acids is 2. The Hall–Kier alpha value is -2.48. The molecule has 2 fully saturated rings. The van der Waals surface area contributed by atoms with E-state index in [2.05, 4.69) is 44.3 Å². The first-order valence-electron chi connectivity index (χ1n) is 18.6. The van der Waals surface area contributed by atoms with Crippen LogP contribution in [0.1, 0.15) is 128 Å². The molecule has 0 heterocycles. The Labute approximate surface area is 290 Å². The number of aliphatic hydroxyl groups is 2.